The first kappa shape index (κ1) is 19.0. The molecule has 0 unspecified atom stereocenters. The highest BCUT2D eigenvalue weighted by Crippen LogP contribution is 2.32. The minimum atomic E-state index is -0.238. The third-order valence-electron chi connectivity index (χ3n) is 5.71. The lowest BCUT2D eigenvalue weighted by atomic mass is 9.83. The first-order valence-corrected chi connectivity index (χ1v) is 9.81. The number of likely N-dealkylation sites (tertiary alicyclic amines) is 1. The van der Waals surface area contributed by atoms with Crippen LogP contribution in [0.3, 0.4) is 0 Å². The van der Waals surface area contributed by atoms with E-state index in [0.29, 0.717) is 41.6 Å². The Balaban J connectivity index is 1.53. The van der Waals surface area contributed by atoms with Gasteiger partial charge in [0.1, 0.15) is 0 Å². The van der Waals surface area contributed by atoms with Crippen LogP contribution >= 0.6 is 0 Å². The van der Waals surface area contributed by atoms with Gasteiger partial charge in [0.05, 0.1) is 17.3 Å². The van der Waals surface area contributed by atoms with Gasteiger partial charge in [0, 0.05) is 35.6 Å². The summed E-state index contributed by atoms with van der Waals surface area (Å²) in [5, 5.41) is 11.6. The van der Waals surface area contributed by atoms with Crippen LogP contribution in [0.1, 0.15) is 51.1 Å². The highest BCUT2D eigenvalue weighted by Gasteiger charge is 2.32. The normalized spacial score (nSPS) is 16.7. The largest absolute Gasteiger partial charge is 0.325 e. The van der Waals surface area contributed by atoms with Crippen molar-refractivity contribution < 1.29 is 14.4 Å². The number of nitrogens with one attached hydrogen (secondary N) is 1. The second-order valence-corrected chi connectivity index (χ2v) is 7.45. The predicted molar refractivity (Wildman–Crippen MR) is 108 cm³/mol. The SMILES string of the molecule is N#CCCN1CCC(C(=O)Nc2cccc3c2C(=O)c2ccccc2C3=O)CC1. The van der Waals surface area contributed by atoms with Crippen molar-refractivity contribution >= 4 is 23.2 Å². The molecule has 2 aliphatic rings. The summed E-state index contributed by atoms with van der Waals surface area (Å²) >= 11 is 0. The second kappa shape index (κ2) is 7.98. The van der Waals surface area contributed by atoms with E-state index in [-0.39, 0.29) is 29.0 Å². The summed E-state index contributed by atoms with van der Waals surface area (Å²) in [5.74, 6) is -0.710. The van der Waals surface area contributed by atoms with Crippen LogP contribution < -0.4 is 5.32 Å². The molecule has 0 bridgehead atoms. The minimum Gasteiger partial charge on any atom is -0.325 e. The fourth-order valence-corrected chi connectivity index (χ4v) is 4.11. The maximum absolute atomic E-state index is 13.0. The minimum absolute atomic E-state index is 0.127. The third-order valence-corrected chi connectivity index (χ3v) is 5.71. The van der Waals surface area contributed by atoms with E-state index in [2.05, 4.69) is 16.3 Å². The fraction of sp³-hybridized carbons (Fsp3) is 0.304. The van der Waals surface area contributed by atoms with Crippen LogP contribution in [0.5, 0.6) is 0 Å². The molecule has 0 saturated carbocycles. The summed E-state index contributed by atoms with van der Waals surface area (Å²) < 4.78 is 0. The number of amides is 1. The zero-order valence-corrected chi connectivity index (χ0v) is 16.0. The summed E-state index contributed by atoms with van der Waals surface area (Å²) in [6, 6.07) is 13.9. The molecule has 2 aromatic carbocycles. The Morgan fingerprint density at radius 3 is 2.34 bits per heavy atom. The Morgan fingerprint density at radius 2 is 1.66 bits per heavy atom. The molecule has 0 radical (unpaired) electrons. The van der Waals surface area contributed by atoms with E-state index in [9.17, 15) is 14.4 Å². The lowest BCUT2D eigenvalue weighted by Crippen LogP contribution is -2.38. The smallest absolute Gasteiger partial charge is 0.227 e. The molecule has 1 N–H and O–H groups in total. The van der Waals surface area contributed by atoms with Gasteiger partial charge in [-0.05, 0) is 32.0 Å². The fourth-order valence-electron chi connectivity index (χ4n) is 4.11. The molecule has 0 atom stereocenters. The molecular weight excluding hydrogens is 366 g/mol. The number of hydrogen-bond acceptors (Lipinski definition) is 5. The van der Waals surface area contributed by atoms with Crippen molar-refractivity contribution in [2.75, 3.05) is 25.0 Å². The topological polar surface area (TPSA) is 90.3 Å². The van der Waals surface area contributed by atoms with Gasteiger partial charge in [0.15, 0.2) is 11.6 Å². The molecule has 1 saturated heterocycles. The predicted octanol–water partition coefficient (Wildman–Crippen LogP) is 3.03. The monoisotopic (exact) mass is 387 g/mol. The number of carbonyl (C=O) groups is 3. The van der Waals surface area contributed by atoms with Crippen molar-refractivity contribution in [3.63, 3.8) is 0 Å². The van der Waals surface area contributed by atoms with Gasteiger partial charge < -0.3 is 10.2 Å². The number of benzene rings is 2. The van der Waals surface area contributed by atoms with Crippen molar-refractivity contribution in [2.45, 2.75) is 19.3 Å². The average molecular weight is 387 g/mol. The number of carbonyl (C=O) groups excluding carboxylic acids is 3. The molecule has 6 nitrogen and oxygen atoms in total. The first-order chi connectivity index (χ1) is 14.1. The molecule has 4 rings (SSSR count). The summed E-state index contributed by atoms with van der Waals surface area (Å²) in [6.45, 7) is 2.28. The summed E-state index contributed by atoms with van der Waals surface area (Å²) in [7, 11) is 0. The van der Waals surface area contributed by atoms with Gasteiger partial charge in [-0.1, -0.05) is 36.4 Å². The zero-order valence-electron chi connectivity index (χ0n) is 16.0. The van der Waals surface area contributed by atoms with Crippen molar-refractivity contribution in [2.24, 2.45) is 5.92 Å². The Kier molecular flexibility index (Phi) is 5.24. The van der Waals surface area contributed by atoms with Crippen LogP contribution in [0.15, 0.2) is 42.5 Å². The Morgan fingerprint density at radius 1 is 1.00 bits per heavy atom. The number of fused-ring (bicyclic) bond motifs is 2. The van der Waals surface area contributed by atoms with Crippen LogP contribution in [0.4, 0.5) is 5.69 Å². The molecule has 1 amide bonds. The number of piperidine rings is 1. The standard InChI is InChI=1S/C23H21N3O3/c24-11-4-12-26-13-9-15(10-14-26)23(29)25-19-8-3-7-18-20(19)22(28)17-6-2-1-5-16(17)21(18)27/h1-3,5-8,15H,4,9-10,12-14H2,(H,25,29). The van der Waals surface area contributed by atoms with Gasteiger partial charge in [-0.15, -0.1) is 0 Å². The number of hydrogen-bond donors (Lipinski definition) is 1. The zero-order chi connectivity index (χ0) is 20.4. The lowest BCUT2D eigenvalue weighted by molar-refractivity contribution is -0.121. The van der Waals surface area contributed by atoms with Crippen molar-refractivity contribution in [3.05, 3.63) is 64.7 Å². The van der Waals surface area contributed by atoms with Gasteiger partial charge in [0.25, 0.3) is 0 Å². The van der Waals surface area contributed by atoms with E-state index >= 15 is 0 Å². The van der Waals surface area contributed by atoms with E-state index in [1.54, 1.807) is 42.5 Å². The summed E-state index contributed by atoms with van der Waals surface area (Å²) in [6.07, 6.45) is 1.91. The van der Waals surface area contributed by atoms with Gasteiger partial charge in [-0.25, -0.2) is 0 Å². The summed E-state index contributed by atoms with van der Waals surface area (Å²) in [5.41, 5.74) is 1.77. The van der Waals surface area contributed by atoms with Crippen LogP contribution in [0.2, 0.25) is 0 Å². The Labute approximate surface area is 169 Å². The number of nitrogens with zero attached hydrogens (tertiary/aromatic N) is 2. The van der Waals surface area contributed by atoms with Crippen LogP contribution in [0, 0.1) is 17.2 Å². The lowest BCUT2D eigenvalue weighted by Gasteiger charge is -2.31. The van der Waals surface area contributed by atoms with E-state index in [0.717, 1.165) is 19.6 Å². The molecule has 1 aliphatic carbocycles. The quantitative estimate of drug-likeness (QED) is 0.743. The molecule has 146 valence electrons. The van der Waals surface area contributed by atoms with Crippen LogP contribution in [-0.2, 0) is 4.79 Å². The molecule has 2 aromatic rings. The van der Waals surface area contributed by atoms with Crippen molar-refractivity contribution in [1.82, 2.24) is 4.90 Å². The molecule has 29 heavy (non-hydrogen) atoms. The molecular formula is C23H21N3O3. The van der Waals surface area contributed by atoms with E-state index in [1.807, 2.05) is 0 Å². The van der Waals surface area contributed by atoms with E-state index < -0.39 is 0 Å². The maximum atomic E-state index is 13.0. The van der Waals surface area contributed by atoms with Crippen molar-refractivity contribution in [3.8, 4) is 6.07 Å². The molecule has 0 aromatic heterocycles. The second-order valence-electron chi connectivity index (χ2n) is 7.45. The number of nitriles is 1. The maximum Gasteiger partial charge on any atom is 0.227 e. The summed E-state index contributed by atoms with van der Waals surface area (Å²) in [4.78, 5) is 40.9. The number of anilines is 1. The molecule has 0 spiro atoms. The molecule has 1 aliphatic heterocycles. The Bertz CT molecular complexity index is 1030. The number of rotatable bonds is 4. The van der Waals surface area contributed by atoms with E-state index in [4.69, 9.17) is 5.26 Å². The van der Waals surface area contributed by atoms with Gasteiger partial charge >= 0.3 is 0 Å². The van der Waals surface area contributed by atoms with E-state index in [1.165, 1.54) is 0 Å². The van der Waals surface area contributed by atoms with Crippen LogP contribution in [-0.4, -0.2) is 42.0 Å². The van der Waals surface area contributed by atoms with Gasteiger partial charge in [-0.3, -0.25) is 14.4 Å². The molecule has 6 heteroatoms. The Hall–Kier alpha value is -3.30. The van der Waals surface area contributed by atoms with Crippen molar-refractivity contribution in [1.29, 1.82) is 5.26 Å². The third kappa shape index (κ3) is 3.57. The average Bonchev–Trinajstić information content (AvgIpc) is 2.76. The number of ketones is 2. The van der Waals surface area contributed by atoms with Crippen LogP contribution in [0.25, 0.3) is 0 Å². The van der Waals surface area contributed by atoms with Gasteiger partial charge in [0.2, 0.25) is 5.91 Å². The molecule has 1 fully saturated rings. The first-order valence-electron chi connectivity index (χ1n) is 9.81. The van der Waals surface area contributed by atoms with Gasteiger partial charge in [-0.2, -0.15) is 5.26 Å². The molecule has 1 heterocycles. The highest BCUT2D eigenvalue weighted by molar-refractivity contribution is 6.30. The highest BCUT2D eigenvalue weighted by atomic mass is 16.2.